The second kappa shape index (κ2) is 9.82. The van der Waals surface area contributed by atoms with Gasteiger partial charge in [-0.2, -0.15) is 13.2 Å². The summed E-state index contributed by atoms with van der Waals surface area (Å²) < 4.78 is 46.5. The van der Waals surface area contributed by atoms with Gasteiger partial charge in [-0.3, -0.25) is 9.59 Å². The van der Waals surface area contributed by atoms with E-state index in [1.807, 2.05) is 30.3 Å². The number of hydrogen-bond acceptors (Lipinski definition) is 3. The zero-order chi connectivity index (χ0) is 25.2. The first kappa shape index (κ1) is 24.3. The van der Waals surface area contributed by atoms with Crippen LogP contribution in [-0.2, 0) is 17.4 Å². The SMILES string of the molecule is Cc1cc(OCCc2ccccc2)ccc1C(=O)Nc1cc([C@H]2C[C@H]2C(=O)O)ccc1C(F)(F)F. The number of alkyl halides is 3. The number of carbonyl (C=O) groups is 2. The van der Waals surface area contributed by atoms with Gasteiger partial charge in [-0.1, -0.05) is 36.4 Å². The standard InChI is InChI=1S/C27H24F3NO4/c1-16-13-19(35-12-11-17-5-3-2-4-6-17)8-9-20(16)25(32)31-24-14-18(21-15-22(21)26(33)34)7-10-23(24)27(28,29)30/h2-10,13-14,21-22H,11-12,15H2,1H3,(H,31,32)(H,33,34)/t21-,22-/m1/s1. The Bertz CT molecular complexity index is 1240. The number of ether oxygens (including phenoxy) is 1. The van der Waals surface area contributed by atoms with Gasteiger partial charge in [0.1, 0.15) is 5.75 Å². The number of benzene rings is 3. The Morgan fingerprint density at radius 3 is 2.43 bits per heavy atom. The van der Waals surface area contributed by atoms with Gasteiger partial charge in [0.2, 0.25) is 0 Å². The van der Waals surface area contributed by atoms with Crippen LogP contribution in [0.3, 0.4) is 0 Å². The van der Waals surface area contributed by atoms with Crippen molar-refractivity contribution in [3.05, 3.63) is 94.5 Å². The molecule has 182 valence electrons. The maximum Gasteiger partial charge on any atom is 0.418 e. The van der Waals surface area contributed by atoms with Crippen molar-refractivity contribution in [3.8, 4) is 5.75 Å². The highest BCUT2D eigenvalue weighted by molar-refractivity contribution is 6.05. The number of hydrogen-bond donors (Lipinski definition) is 2. The van der Waals surface area contributed by atoms with Gasteiger partial charge in [-0.05, 0) is 66.3 Å². The summed E-state index contributed by atoms with van der Waals surface area (Å²) in [4.78, 5) is 24.0. The van der Waals surface area contributed by atoms with E-state index in [-0.39, 0.29) is 11.5 Å². The number of anilines is 1. The molecule has 1 aliphatic rings. The summed E-state index contributed by atoms with van der Waals surface area (Å²) in [6, 6.07) is 18.0. The maximum absolute atomic E-state index is 13.6. The molecule has 8 heteroatoms. The molecular weight excluding hydrogens is 459 g/mol. The van der Waals surface area contributed by atoms with Crippen molar-refractivity contribution in [3.63, 3.8) is 0 Å². The summed E-state index contributed by atoms with van der Waals surface area (Å²) in [5, 5.41) is 11.5. The van der Waals surface area contributed by atoms with E-state index in [0.29, 0.717) is 36.3 Å². The van der Waals surface area contributed by atoms with Gasteiger partial charge in [0.15, 0.2) is 0 Å². The number of aryl methyl sites for hydroxylation is 1. The van der Waals surface area contributed by atoms with Gasteiger partial charge in [0, 0.05) is 12.0 Å². The molecule has 0 radical (unpaired) electrons. The van der Waals surface area contributed by atoms with Gasteiger partial charge in [-0.15, -0.1) is 0 Å². The fraction of sp³-hybridized carbons (Fsp3) is 0.259. The van der Waals surface area contributed by atoms with Gasteiger partial charge in [0.25, 0.3) is 5.91 Å². The summed E-state index contributed by atoms with van der Waals surface area (Å²) in [6.07, 6.45) is -3.61. The Hall–Kier alpha value is -3.81. The molecule has 0 aliphatic heterocycles. The molecule has 0 saturated heterocycles. The molecule has 0 bridgehead atoms. The van der Waals surface area contributed by atoms with Crippen molar-refractivity contribution in [2.75, 3.05) is 11.9 Å². The van der Waals surface area contributed by atoms with Crippen LogP contribution in [0.15, 0.2) is 66.7 Å². The first-order valence-corrected chi connectivity index (χ1v) is 11.2. The quantitative estimate of drug-likeness (QED) is 0.408. The van der Waals surface area contributed by atoms with E-state index >= 15 is 0 Å². The zero-order valence-electron chi connectivity index (χ0n) is 18.9. The lowest BCUT2D eigenvalue weighted by Crippen LogP contribution is -2.18. The van der Waals surface area contributed by atoms with Crippen LogP contribution in [0.25, 0.3) is 0 Å². The topological polar surface area (TPSA) is 75.6 Å². The first-order valence-electron chi connectivity index (χ1n) is 11.2. The highest BCUT2D eigenvalue weighted by Gasteiger charge is 2.45. The maximum atomic E-state index is 13.6. The van der Waals surface area contributed by atoms with E-state index in [1.165, 1.54) is 18.2 Å². The summed E-state index contributed by atoms with van der Waals surface area (Å²) in [6.45, 7) is 2.12. The van der Waals surface area contributed by atoms with Crippen molar-refractivity contribution in [1.29, 1.82) is 0 Å². The van der Waals surface area contributed by atoms with E-state index in [2.05, 4.69) is 5.32 Å². The number of amides is 1. The van der Waals surface area contributed by atoms with Gasteiger partial charge < -0.3 is 15.2 Å². The molecule has 5 nitrogen and oxygen atoms in total. The van der Waals surface area contributed by atoms with Gasteiger partial charge in [-0.25, -0.2) is 0 Å². The van der Waals surface area contributed by atoms with Crippen LogP contribution >= 0.6 is 0 Å². The Morgan fingerprint density at radius 2 is 1.80 bits per heavy atom. The lowest BCUT2D eigenvalue weighted by Gasteiger charge is -2.16. The fourth-order valence-electron chi connectivity index (χ4n) is 4.08. The van der Waals surface area contributed by atoms with Crippen molar-refractivity contribution in [1.82, 2.24) is 0 Å². The third-order valence-corrected chi connectivity index (χ3v) is 6.08. The van der Waals surface area contributed by atoms with Gasteiger partial charge in [0.05, 0.1) is 23.8 Å². The van der Waals surface area contributed by atoms with Crippen molar-refractivity contribution >= 4 is 17.6 Å². The summed E-state index contributed by atoms with van der Waals surface area (Å²) >= 11 is 0. The highest BCUT2D eigenvalue weighted by Crippen LogP contribution is 2.49. The Balaban J connectivity index is 1.48. The van der Waals surface area contributed by atoms with Crippen LogP contribution in [0.2, 0.25) is 0 Å². The van der Waals surface area contributed by atoms with Crippen LogP contribution < -0.4 is 10.1 Å². The number of nitrogens with one attached hydrogen (secondary N) is 1. The second-order valence-corrected chi connectivity index (χ2v) is 8.60. The molecule has 0 heterocycles. The highest BCUT2D eigenvalue weighted by atomic mass is 19.4. The lowest BCUT2D eigenvalue weighted by atomic mass is 10.0. The van der Waals surface area contributed by atoms with Crippen LogP contribution in [0.4, 0.5) is 18.9 Å². The number of halogens is 3. The molecular formula is C27H24F3NO4. The third kappa shape index (κ3) is 5.82. The minimum Gasteiger partial charge on any atom is -0.493 e. The van der Waals surface area contributed by atoms with Crippen LogP contribution in [0.1, 0.15) is 45.0 Å². The molecule has 3 aromatic rings. The van der Waals surface area contributed by atoms with Gasteiger partial charge >= 0.3 is 12.1 Å². The van der Waals surface area contributed by atoms with Crippen LogP contribution in [0.5, 0.6) is 5.75 Å². The minimum atomic E-state index is -4.68. The Kier molecular flexibility index (Phi) is 6.82. The predicted molar refractivity (Wildman–Crippen MR) is 125 cm³/mol. The van der Waals surface area contributed by atoms with Crippen molar-refractivity contribution in [2.24, 2.45) is 5.92 Å². The summed E-state index contributed by atoms with van der Waals surface area (Å²) in [5.41, 5.74) is 0.981. The van der Waals surface area contributed by atoms with E-state index in [9.17, 15) is 22.8 Å². The average molecular weight is 483 g/mol. The molecule has 35 heavy (non-hydrogen) atoms. The van der Waals surface area contributed by atoms with Crippen molar-refractivity contribution in [2.45, 2.75) is 31.9 Å². The molecule has 1 amide bonds. The molecule has 0 unspecified atom stereocenters. The fourth-order valence-corrected chi connectivity index (χ4v) is 4.08. The van der Waals surface area contributed by atoms with Crippen LogP contribution in [0, 0.1) is 12.8 Å². The number of aliphatic carboxylic acids is 1. The average Bonchev–Trinajstić information content (AvgIpc) is 3.60. The van der Waals surface area contributed by atoms with E-state index in [0.717, 1.165) is 11.6 Å². The Labute approximate surface area is 200 Å². The third-order valence-electron chi connectivity index (χ3n) is 6.08. The predicted octanol–water partition coefficient (Wildman–Crippen LogP) is 6.08. The van der Waals surface area contributed by atoms with Crippen molar-refractivity contribution < 1.29 is 32.6 Å². The van der Waals surface area contributed by atoms with E-state index < -0.39 is 35.2 Å². The molecule has 0 spiro atoms. The molecule has 4 rings (SSSR count). The largest absolute Gasteiger partial charge is 0.493 e. The second-order valence-electron chi connectivity index (χ2n) is 8.60. The molecule has 1 saturated carbocycles. The number of rotatable bonds is 8. The monoisotopic (exact) mass is 483 g/mol. The lowest BCUT2D eigenvalue weighted by molar-refractivity contribution is -0.139. The van der Waals surface area contributed by atoms with E-state index in [1.54, 1.807) is 19.1 Å². The molecule has 2 N–H and O–H groups in total. The molecule has 3 aromatic carbocycles. The van der Waals surface area contributed by atoms with E-state index in [4.69, 9.17) is 9.84 Å². The molecule has 1 fully saturated rings. The van der Waals surface area contributed by atoms with Crippen LogP contribution in [-0.4, -0.2) is 23.6 Å². The number of carboxylic acid groups (broad SMARTS) is 1. The normalized spacial score (nSPS) is 17.0. The smallest absolute Gasteiger partial charge is 0.418 e. The number of carbonyl (C=O) groups excluding carboxylic acids is 1. The molecule has 2 atom stereocenters. The minimum absolute atomic E-state index is 0.216. The summed E-state index contributed by atoms with van der Waals surface area (Å²) in [5.74, 6) is -2.10. The number of carboxylic acids is 1. The summed E-state index contributed by atoms with van der Waals surface area (Å²) in [7, 11) is 0. The first-order chi connectivity index (χ1) is 16.6. The molecule has 1 aliphatic carbocycles. The Morgan fingerprint density at radius 1 is 1.06 bits per heavy atom. The zero-order valence-corrected chi connectivity index (χ0v) is 18.9. The molecule has 0 aromatic heterocycles.